The lowest BCUT2D eigenvalue weighted by Crippen LogP contribution is -2.34. The lowest BCUT2D eigenvalue weighted by molar-refractivity contribution is -0.117. The second-order valence-corrected chi connectivity index (χ2v) is 8.32. The highest BCUT2D eigenvalue weighted by Crippen LogP contribution is 2.32. The third-order valence-electron chi connectivity index (χ3n) is 5.47. The Morgan fingerprint density at radius 2 is 1.62 bits per heavy atom. The van der Waals surface area contributed by atoms with Crippen LogP contribution < -0.4 is 15.6 Å². The number of aromatic nitrogens is 2. The summed E-state index contributed by atoms with van der Waals surface area (Å²) in [5.74, 6) is -0.861. The second kappa shape index (κ2) is 11.5. The lowest BCUT2D eigenvalue weighted by atomic mass is 9.95. The highest BCUT2D eigenvalue weighted by atomic mass is 35.5. The van der Waals surface area contributed by atoms with E-state index >= 15 is 0 Å². The Kier molecular flexibility index (Phi) is 8.00. The Labute approximate surface area is 218 Å². The van der Waals surface area contributed by atoms with Crippen LogP contribution in [0.3, 0.4) is 0 Å². The van der Waals surface area contributed by atoms with Gasteiger partial charge in [-0.2, -0.15) is 5.10 Å². The number of ether oxygens (including phenoxy) is 2. The van der Waals surface area contributed by atoms with Crippen LogP contribution in [-0.2, 0) is 16.1 Å². The predicted octanol–water partition coefficient (Wildman–Crippen LogP) is 5.05. The molecule has 0 atom stereocenters. The van der Waals surface area contributed by atoms with Crippen LogP contribution in [0.15, 0.2) is 83.7 Å². The van der Waals surface area contributed by atoms with Gasteiger partial charge >= 0.3 is 5.97 Å². The zero-order valence-corrected chi connectivity index (χ0v) is 21.0. The summed E-state index contributed by atoms with van der Waals surface area (Å²) in [6.45, 7) is 1.29. The van der Waals surface area contributed by atoms with E-state index in [0.717, 1.165) is 4.68 Å². The summed E-state index contributed by atoms with van der Waals surface area (Å²) in [7, 11) is 1.49. The van der Waals surface area contributed by atoms with E-state index in [9.17, 15) is 14.4 Å². The van der Waals surface area contributed by atoms with Gasteiger partial charge in [-0.1, -0.05) is 72.3 Å². The molecule has 0 fully saturated rings. The van der Waals surface area contributed by atoms with Crippen LogP contribution in [0.1, 0.15) is 17.3 Å². The minimum Gasteiger partial charge on any atom is -0.495 e. The molecule has 0 unspecified atom stereocenters. The Balaban J connectivity index is 1.83. The van der Waals surface area contributed by atoms with Gasteiger partial charge in [0.15, 0.2) is 0 Å². The fourth-order valence-electron chi connectivity index (χ4n) is 3.83. The van der Waals surface area contributed by atoms with Gasteiger partial charge in [0.1, 0.15) is 17.9 Å². The summed E-state index contributed by atoms with van der Waals surface area (Å²) < 4.78 is 11.3. The summed E-state index contributed by atoms with van der Waals surface area (Å²) in [5, 5.41) is 7.55. The van der Waals surface area contributed by atoms with E-state index < -0.39 is 24.0 Å². The van der Waals surface area contributed by atoms with Crippen molar-refractivity contribution in [2.24, 2.45) is 0 Å². The molecule has 37 heavy (non-hydrogen) atoms. The normalized spacial score (nSPS) is 10.6. The van der Waals surface area contributed by atoms with Gasteiger partial charge < -0.3 is 14.8 Å². The largest absolute Gasteiger partial charge is 0.495 e. The molecule has 0 spiro atoms. The first-order chi connectivity index (χ1) is 17.9. The number of methoxy groups -OCH3 is 1. The lowest BCUT2D eigenvalue weighted by Gasteiger charge is -2.17. The number of hydrogen-bond donors (Lipinski definition) is 1. The maximum atomic E-state index is 13.6. The summed E-state index contributed by atoms with van der Waals surface area (Å²) in [5.41, 5.74) is 1.49. The summed E-state index contributed by atoms with van der Waals surface area (Å²) in [4.78, 5) is 39.6. The Morgan fingerprint density at radius 1 is 0.973 bits per heavy atom. The molecule has 0 saturated carbocycles. The number of carbonyl (C=O) groups is 2. The van der Waals surface area contributed by atoms with Crippen LogP contribution >= 0.6 is 11.6 Å². The number of benzene rings is 3. The molecule has 0 aliphatic heterocycles. The Bertz CT molecular complexity index is 1490. The Morgan fingerprint density at radius 3 is 2.22 bits per heavy atom. The van der Waals surface area contributed by atoms with E-state index in [2.05, 4.69) is 10.4 Å². The molecule has 9 heteroatoms. The number of nitrogens with one attached hydrogen (secondary N) is 1. The molecule has 0 aliphatic rings. The summed E-state index contributed by atoms with van der Waals surface area (Å²) >= 11 is 6.15. The maximum absolute atomic E-state index is 13.6. The molecule has 1 aromatic heterocycles. The highest BCUT2D eigenvalue weighted by molar-refractivity contribution is 6.32. The first-order valence-corrected chi connectivity index (χ1v) is 11.9. The van der Waals surface area contributed by atoms with E-state index in [4.69, 9.17) is 21.1 Å². The first kappa shape index (κ1) is 25.7. The first-order valence-electron chi connectivity index (χ1n) is 11.5. The van der Waals surface area contributed by atoms with Crippen molar-refractivity contribution in [3.8, 4) is 28.1 Å². The molecular formula is C28H24ClN3O5. The van der Waals surface area contributed by atoms with Crippen molar-refractivity contribution in [1.82, 2.24) is 9.78 Å². The zero-order chi connectivity index (χ0) is 26.4. The van der Waals surface area contributed by atoms with Gasteiger partial charge in [-0.3, -0.25) is 9.59 Å². The average molecular weight is 518 g/mol. The Hall–Kier alpha value is -4.43. The van der Waals surface area contributed by atoms with Crippen molar-refractivity contribution in [3.05, 3.63) is 99.8 Å². The third-order valence-corrected chi connectivity index (χ3v) is 5.77. The maximum Gasteiger partial charge on any atom is 0.344 e. The van der Waals surface area contributed by atoms with Crippen molar-refractivity contribution in [2.75, 3.05) is 19.0 Å². The van der Waals surface area contributed by atoms with Crippen LogP contribution in [0.4, 0.5) is 5.69 Å². The van der Waals surface area contributed by atoms with Gasteiger partial charge in [-0.15, -0.1) is 0 Å². The number of esters is 1. The number of nitrogens with zero attached hydrogens (tertiary/aromatic N) is 2. The number of amides is 1. The van der Waals surface area contributed by atoms with Crippen LogP contribution in [-0.4, -0.2) is 35.4 Å². The molecule has 4 aromatic rings. The second-order valence-electron chi connectivity index (χ2n) is 7.91. The molecule has 0 bridgehead atoms. The van der Waals surface area contributed by atoms with Gasteiger partial charge in [0, 0.05) is 16.8 Å². The quantitative estimate of drug-likeness (QED) is 0.328. The van der Waals surface area contributed by atoms with E-state index in [1.165, 1.54) is 13.2 Å². The van der Waals surface area contributed by atoms with Crippen molar-refractivity contribution in [3.63, 3.8) is 0 Å². The van der Waals surface area contributed by atoms with Crippen molar-refractivity contribution >= 4 is 29.2 Å². The zero-order valence-electron chi connectivity index (χ0n) is 20.2. The fraction of sp³-hybridized carbons (Fsp3) is 0.143. The SMILES string of the molecule is CCOC(=O)c1c(-c2ccccc2)c(-c2ccccc2)nn(CC(=O)Nc2ccc(OC)c(Cl)c2)c1=O. The molecule has 8 nitrogen and oxygen atoms in total. The topological polar surface area (TPSA) is 99.5 Å². The molecule has 188 valence electrons. The van der Waals surface area contributed by atoms with Crippen LogP contribution in [0.5, 0.6) is 5.75 Å². The number of carbonyl (C=O) groups excluding carboxylic acids is 2. The highest BCUT2D eigenvalue weighted by Gasteiger charge is 2.26. The minimum absolute atomic E-state index is 0.0776. The third kappa shape index (κ3) is 5.70. The van der Waals surface area contributed by atoms with E-state index in [0.29, 0.717) is 38.8 Å². The molecule has 3 aromatic carbocycles. The van der Waals surface area contributed by atoms with Gasteiger partial charge in [-0.05, 0) is 30.7 Å². The van der Waals surface area contributed by atoms with Crippen LogP contribution in [0.25, 0.3) is 22.4 Å². The molecule has 1 N–H and O–H groups in total. The minimum atomic E-state index is -0.790. The monoisotopic (exact) mass is 517 g/mol. The van der Waals surface area contributed by atoms with E-state index in [-0.39, 0.29) is 12.2 Å². The van der Waals surface area contributed by atoms with E-state index in [1.807, 2.05) is 36.4 Å². The number of halogens is 1. The number of rotatable bonds is 8. The van der Waals surface area contributed by atoms with Crippen LogP contribution in [0.2, 0.25) is 5.02 Å². The summed E-state index contributed by atoms with van der Waals surface area (Å²) in [6, 6.07) is 22.9. The molecular weight excluding hydrogens is 494 g/mol. The summed E-state index contributed by atoms with van der Waals surface area (Å²) in [6.07, 6.45) is 0. The van der Waals surface area contributed by atoms with Gasteiger partial charge in [0.05, 0.1) is 24.4 Å². The van der Waals surface area contributed by atoms with Crippen molar-refractivity contribution in [1.29, 1.82) is 0 Å². The smallest absolute Gasteiger partial charge is 0.344 e. The number of hydrogen-bond acceptors (Lipinski definition) is 6. The molecule has 0 saturated heterocycles. The van der Waals surface area contributed by atoms with Gasteiger partial charge in [0.2, 0.25) is 5.91 Å². The molecule has 0 radical (unpaired) electrons. The number of anilines is 1. The molecule has 1 amide bonds. The van der Waals surface area contributed by atoms with Gasteiger partial charge in [0.25, 0.3) is 5.56 Å². The van der Waals surface area contributed by atoms with Gasteiger partial charge in [-0.25, -0.2) is 9.48 Å². The molecule has 0 aliphatic carbocycles. The average Bonchev–Trinajstić information content (AvgIpc) is 2.90. The van der Waals surface area contributed by atoms with Crippen molar-refractivity contribution < 1.29 is 19.1 Å². The fourth-order valence-corrected chi connectivity index (χ4v) is 4.09. The predicted molar refractivity (Wildman–Crippen MR) is 142 cm³/mol. The standard InChI is InChI=1S/C28H24ClN3O5/c1-3-37-28(35)25-24(18-10-6-4-7-11-18)26(19-12-8-5-9-13-19)31-32(27(25)34)17-23(33)30-20-14-15-22(36-2)21(29)16-20/h4-16H,3,17H2,1-2H3,(H,30,33). The molecule has 1 heterocycles. The van der Waals surface area contributed by atoms with Crippen molar-refractivity contribution in [2.45, 2.75) is 13.5 Å². The van der Waals surface area contributed by atoms with Crippen LogP contribution in [0, 0.1) is 0 Å². The molecule has 4 rings (SSSR count). The van der Waals surface area contributed by atoms with E-state index in [1.54, 1.807) is 43.3 Å².